The molecule has 0 atom stereocenters. The molecule has 0 amide bonds. The Labute approximate surface area is 114 Å². The molecule has 0 radical (unpaired) electrons. The van der Waals surface area contributed by atoms with Crippen molar-refractivity contribution in [1.82, 2.24) is 4.98 Å². The molecule has 0 aliphatic heterocycles. The van der Waals surface area contributed by atoms with E-state index >= 15 is 0 Å². The standard InChI is InChI=1S/C12H10BClFNO3/c14-11-3-1-2-8(12(11)15)7-19-10-4-9(13(17)18)5-16-6-10/h1-6,17-18H,7H2. The fraction of sp³-hybridized carbons (Fsp3) is 0.0833. The van der Waals surface area contributed by atoms with Gasteiger partial charge < -0.3 is 14.8 Å². The fourth-order valence-electron chi connectivity index (χ4n) is 1.48. The number of halogens is 2. The van der Waals surface area contributed by atoms with Gasteiger partial charge >= 0.3 is 7.12 Å². The van der Waals surface area contributed by atoms with E-state index in [1.807, 2.05) is 0 Å². The van der Waals surface area contributed by atoms with Crippen molar-refractivity contribution in [3.8, 4) is 5.75 Å². The zero-order valence-corrected chi connectivity index (χ0v) is 10.5. The molecule has 0 saturated carbocycles. The lowest BCUT2D eigenvalue weighted by Gasteiger charge is -2.08. The zero-order valence-electron chi connectivity index (χ0n) is 9.75. The molecule has 0 bridgehead atoms. The first-order valence-corrected chi connectivity index (χ1v) is 5.82. The summed E-state index contributed by atoms with van der Waals surface area (Å²) in [7, 11) is -1.63. The number of rotatable bonds is 4. The summed E-state index contributed by atoms with van der Waals surface area (Å²) in [6, 6.07) is 6.04. The van der Waals surface area contributed by atoms with Crippen LogP contribution in [0.25, 0.3) is 0 Å². The van der Waals surface area contributed by atoms with Crippen molar-refractivity contribution in [3.05, 3.63) is 53.1 Å². The lowest BCUT2D eigenvalue weighted by molar-refractivity contribution is 0.298. The number of pyridine rings is 1. The van der Waals surface area contributed by atoms with Crippen LogP contribution >= 0.6 is 11.6 Å². The van der Waals surface area contributed by atoms with Gasteiger partial charge in [-0.3, -0.25) is 4.98 Å². The maximum absolute atomic E-state index is 13.6. The van der Waals surface area contributed by atoms with Gasteiger partial charge in [-0.25, -0.2) is 4.39 Å². The summed E-state index contributed by atoms with van der Waals surface area (Å²) in [5.41, 5.74) is 0.506. The molecule has 2 N–H and O–H groups in total. The topological polar surface area (TPSA) is 62.6 Å². The van der Waals surface area contributed by atoms with E-state index in [-0.39, 0.29) is 17.1 Å². The molecule has 0 saturated heterocycles. The Morgan fingerprint density at radius 1 is 1.32 bits per heavy atom. The number of aromatic nitrogens is 1. The molecule has 1 heterocycles. The maximum atomic E-state index is 13.6. The van der Waals surface area contributed by atoms with Gasteiger partial charge in [0.05, 0.1) is 11.2 Å². The van der Waals surface area contributed by atoms with Crippen molar-refractivity contribution in [2.24, 2.45) is 0 Å². The van der Waals surface area contributed by atoms with Gasteiger partial charge in [-0.2, -0.15) is 0 Å². The minimum atomic E-state index is -1.63. The van der Waals surface area contributed by atoms with Crippen molar-refractivity contribution in [2.75, 3.05) is 0 Å². The van der Waals surface area contributed by atoms with Crippen LogP contribution in [0.15, 0.2) is 36.7 Å². The van der Waals surface area contributed by atoms with Crippen LogP contribution in [0.2, 0.25) is 5.02 Å². The minimum Gasteiger partial charge on any atom is -0.487 e. The highest BCUT2D eigenvalue weighted by molar-refractivity contribution is 6.58. The Morgan fingerprint density at radius 2 is 2.11 bits per heavy atom. The molecule has 7 heteroatoms. The first-order valence-electron chi connectivity index (χ1n) is 5.44. The highest BCUT2D eigenvalue weighted by atomic mass is 35.5. The van der Waals surface area contributed by atoms with E-state index in [1.165, 1.54) is 24.5 Å². The Kier molecular flexibility index (Phi) is 4.37. The zero-order chi connectivity index (χ0) is 13.8. The normalized spacial score (nSPS) is 10.3. The molecule has 0 aliphatic carbocycles. The number of hydrogen-bond acceptors (Lipinski definition) is 4. The first-order chi connectivity index (χ1) is 9.08. The first kappa shape index (κ1) is 13.8. The van der Waals surface area contributed by atoms with Crippen LogP contribution in [-0.4, -0.2) is 22.2 Å². The summed E-state index contributed by atoms with van der Waals surface area (Å²) in [5, 5.41) is 18.0. The second-order valence-corrected chi connectivity index (χ2v) is 4.24. The van der Waals surface area contributed by atoms with Gasteiger partial charge in [0.25, 0.3) is 0 Å². The third-order valence-corrected chi connectivity index (χ3v) is 2.75. The van der Waals surface area contributed by atoms with E-state index in [0.717, 1.165) is 0 Å². The molecule has 2 rings (SSSR count). The summed E-state index contributed by atoms with van der Waals surface area (Å²) >= 11 is 5.65. The molecule has 4 nitrogen and oxygen atoms in total. The molecule has 2 aromatic rings. The van der Waals surface area contributed by atoms with Gasteiger partial charge in [0.1, 0.15) is 18.2 Å². The molecule has 19 heavy (non-hydrogen) atoms. The average Bonchev–Trinajstić information content (AvgIpc) is 2.41. The van der Waals surface area contributed by atoms with Crippen LogP contribution in [0.1, 0.15) is 5.56 Å². The monoisotopic (exact) mass is 281 g/mol. The second kappa shape index (κ2) is 6.01. The van der Waals surface area contributed by atoms with Crippen molar-refractivity contribution in [1.29, 1.82) is 0 Å². The lowest BCUT2D eigenvalue weighted by atomic mass is 9.82. The van der Waals surface area contributed by atoms with Crippen molar-refractivity contribution in [2.45, 2.75) is 6.61 Å². The molecule has 0 spiro atoms. The van der Waals surface area contributed by atoms with Gasteiger partial charge in [-0.05, 0) is 12.1 Å². The van der Waals surface area contributed by atoms with Gasteiger partial charge in [0.2, 0.25) is 0 Å². The molecule has 98 valence electrons. The van der Waals surface area contributed by atoms with Crippen molar-refractivity contribution in [3.63, 3.8) is 0 Å². The second-order valence-electron chi connectivity index (χ2n) is 3.83. The Morgan fingerprint density at radius 3 is 2.84 bits per heavy atom. The van der Waals surface area contributed by atoms with Gasteiger partial charge in [-0.1, -0.05) is 23.7 Å². The summed E-state index contributed by atoms with van der Waals surface area (Å²) in [6.45, 7) is -0.0287. The molecule has 0 unspecified atom stereocenters. The predicted octanol–water partition coefficient (Wildman–Crippen LogP) is 1.13. The van der Waals surface area contributed by atoms with Gasteiger partial charge in [0, 0.05) is 17.2 Å². The summed E-state index contributed by atoms with van der Waals surface area (Å²) < 4.78 is 18.9. The number of nitrogens with zero attached hydrogens (tertiary/aromatic N) is 1. The van der Waals surface area contributed by atoms with Crippen LogP contribution in [-0.2, 0) is 6.61 Å². The van der Waals surface area contributed by atoms with E-state index in [9.17, 15) is 4.39 Å². The van der Waals surface area contributed by atoms with Crippen molar-refractivity contribution >= 4 is 24.2 Å². The maximum Gasteiger partial charge on any atom is 0.490 e. The van der Waals surface area contributed by atoms with Gasteiger partial charge in [0.15, 0.2) is 0 Å². The summed E-state index contributed by atoms with van der Waals surface area (Å²) in [5.74, 6) is -0.222. The van der Waals surface area contributed by atoms with Crippen LogP contribution in [0.3, 0.4) is 0 Å². The number of benzene rings is 1. The highest BCUT2D eigenvalue weighted by Gasteiger charge is 2.12. The quantitative estimate of drug-likeness (QED) is 0.825. The largest absolute Gasteiger partial charge is 0.490 e. The van der Waals surface area contributed by atoms with E-state index in [4.69, 9.17) is 26.4 Å². The van der Waals surface area contributed by atoms with E-state index < -0.39 is 12.9 Å². The third kappa shape index (κ3) is 3.44. The smallest absolute Gasteiger partial charge is 0.487 e. The summed E-state index contributed by atoms with van der Waals surface area (Å²) in [6.07, 6.45) is 2.70. The van der Waals surface area contributed by atoms with Gasteiger partial charge in [-0.15, -0.1) is 0 Å². The number of hydrogen-bond donors (Lipinski definition) is 2. The van der Waals surface area contributed by atoms with Crippen LogP contribution in [0.5, 0.6) is 5.75 Å². The fourth-order valence-corrected chi connectivity index (χ4v) is 1.67. The lowest BCUT2D eigenvalue weighted by Crippen LogP contribution is -2.30. The minimum absolute atomic E-state index is 0.0266. The van der Waals surface area contributed by atoms with E-state index in [0.29, 0.717) is 11.3 Å². The molecule has 0 aliphatic rings. The number of ether oxygens (including phenoxy) is 1. The van der Waals surface area contributed by atoms with Crippen LogP contribution in [0.4, 0.5) is 4.39 Å². The molecule has 1 aromatic heterocycles. The molecule has 0 fully saturated rings. The average molecular weight is 281 g/mol. The Balaban J connectivity index is 2.10. The molecular formula is C12H10BClFNO3. The van der Waals surface area contributed by atoms with Crippen molar-refractivity contribution < 1.29 is 19.2 Å². The Hall–Kier alpha value is -1.63. The summed E-state index contributed by atoms with van der Waals surface area (Å²) in [4.78, 5) is 3.79. The van der Waals surface area contributed by atoms with E-state index in [1.54, 1.807) is 12.1 Å². The SMILES string of the molecule is OB(O)c1cncc(OCc2cccc(Cl)c2F)c1. The van der Waals surface area contributed by atoms with Crippen LogP contribution in [0, 0.1) is 5.82 Å². The molecule has 1 aromatic carbocycles. The van der Waals surface area contributed by atoms with Crippen LogP contribution < -0.4 is 10.2 Å². The third-order valence-electron chi connectivity index (χ3n) is 2.46. The molecular weight excluding hydrogens is 271 g/mol. The Bertz CT molecular complexity index is 583. The van der Waals surface area contributed by atoms with E-state index in [2.05, 4.69) is 4.98 Å². The highest BCUT2D eigenvalue weighted by Crippen LogP contribution is 2.19. The predicted molar refractivity (Wildman–Crippen MR) is 69.8 cm³/mol.